The lowest BCUT2D eigenvalue weighted by molar-refractivity contribution is -0.385. The summed E-state index contributed by atoms with van der Waals surface area (Å²) in [6.45, 7) is 2.21. The van der Waals surface area contributed by atoms with Gasteiger partial charge in [-0.25, -0.2) is 5.43 Å². The number of alkyl halides is 3. The van der Waals surface area contributed by atoms with Gasteiger partial charge in [-0.05, 0) is 55.5 Å². The van der Waals surface area contributed by atoms with Crippen LogP contribution in [0.25, 0.3) is 0 Å². The van der Waals surface area contributed by atoms with Crippen LogP contribution in [0, 0.1) is 10.1 Å². The topological polar surface area (TPSA) is 112 Å². The molecular formula is C24H19ClF3N3O6. The number of hydrogen-bond acceptors (Lipinski definition) is 7. The van der Waals surface area contributed by atoms with E-state index in [0.29, 0.717) is 30.2 Å². The van der Waals surface area contributed by atoms with Gasteiger partial charge in [-0.3, -0.25) is 14.9 Å². The van der Waals surface area contributed by atoms with Gasteiger partial charge < -0.3 is 14.2 Å². The van der Waals surface area contributed by atoms with Crippen molar-refractivity contribution in [3.05, 3.63) is 86.4 Å². The number of hydrazone groups is 1. The minimum atomic E-state index is -4.77. The van der Waals surface area contributed by atoms with Crippen molar-refractivity contribution < 1.29 is 37.1 Å². The van der Waals surface area contributed by atoms with Crippen molar-refractivity contribution in [3.63, 3.8) is 0 Å². The minimum Gasteiger partial charge on any atom is -0.493 e. The molecule has 0 saturated carbocycles. The van der Waals surface area contributed by atoms with Gasteiger partial charge in [-0.1, -0.05) is 11.6 Å². The molecule has 0 aromatic heterocycles. The molecule has 0 spiro atoms. The van der Waals surface area contributed by atoms with Gasteiger partial charge in [0.25, 0.3) is 5.91 Å². The highest BCUT2D eigenvalue weighted by molar-refractivity contribution is 6.30. The van der Waals surface area contributed by atoms with Crippen LogP contribution in [0.3, 0.4) is 0 Å². The molecule has 3 aromatic rings. The first kappa shape index (κ1) is 27.3. The number of nitrogens with zero attached hydrogens (tertiary/aromatic N) is 2. The molecule has 194 valence electrons. The lowest BCUT2D eigenvalue weighted by atomic mass is 10.1. The van der Waals surface area contributed by atoms with E-state index in [2.05, 4.69) is 10.5 Å². The van der Waals surface area contributed by atoms with Gasteiger partial charge in [-0.15, -0.1) is 0 Å². The zero-order chi connectivity index (χ0) is 27.2. The van der Waals surface area contributed by atoms with Crippen LogP contribution in [-0.2, 0) is 6.18 Å². The molecule has 0 aliphatic rings. The fourth-order valence-electron chi connectivity index (χ4n) is 3.06. The van der Waals surface area contributed by atoms with Crippen LogP contribution in [-0.4, -0.2) is 30.8 Å². The second-order valence-electron chi connectivity index (χ2n) is 7.22. The van der Waals surface area contributed by atoms with Crippen LogP contribution in [0.5, 0.6) is 23.0 Å². The number of halogens is 4. The molecular weight excluding hydrogens is 519 g/mol. The molecule has 1 N–H and O–H groups in total. The molecule has 0 aliphatic carbocycles. The summed E-state index contributed by atoms with van der Waals surface area (Å²) < 4.78 is 55.1. The van der Waals surface area contributed by atoms with Crippen LogP contribution in [0.15, 0.2) is 59.7 Å². The first-order valence-corrected chi connectivity index (χ1v) is 10.9. The van der Waals surface area contributed by atoms with Gasteiger partial charge in [0, 0.05) is 22.2 Å². The zero-order valence-electron chi connectivity index (χ0n) is 19.3. The van der Waals surface area contributed by atoms with Crippen LogP contribution in [0.2, 0.25) is 5.02 Å². The van der Waals surface area contributed by atoms with E-state index in [1.165, 1.54) is 43.7 Å². The average molecular weight is 538 g/mol. The van der Waals surface area contributed by atoms with E-state index in [1.54, 1.807) is 13.0 Å². The molecule has 1 amide bonds. The zero-order valence-corrected chi connectivity index (χ0v) is 20.1. The number of rotatable bonds is 9. The number of carbonyl (C=O) groups is 1. The fraction of sp³-hybridized carbons (Fsp3) is 0.167. The molecule has 0 atom stereocenters. The summed E-state index contributed by atoms with van der Waals surface area (Å²) in [5, 5.41) is 15.5. The van der Waals surface area contributed by atoms with Crippen LogP contribution < -0.4 is 19.6 Å². The van der Waals surface area contributed by atoms with Gasteiger partial charge in [0.2, 0.25) is 5.75 Å². The lowest BCUT2D eigenvalue weighted by Gasteiger charge is -2.12. The van der Waals surface area contributed by atoms with E-state index in [-0.39, 0.29) is 21.9 Å². The van der Waals surface area contributed by atoms with Crippen molar-refractivity contribution in [3.8, 4) is 23.0 Å². The molecule has 3 aromatic carbocycles. The Morgan fingerprint density at radius 2 is 1.78 bits per heavy atom. The van der Waals surface area contributed by atoms with Crippen molar-refractivity contribution in [2.75, 3.05) is 13.7 Å². The Morgan fingerprint density at radius 1 is 1.08 bits per heavy atom. The Hall–Kier alpha value is -4.32. The maximum absolute atomic E-state index is 13.0. The van der Waals surface area contributed by atoms with Crippen molar-refractivity contribution in [2.24, 2.45) is 5.10 Å². The number of nitro benzene ring substituents is 1. The summed E-state index contributed by atoms with van der Waals surface area (Å²) in [7, 11) is 1.43. The average Bonchev–Trinajstić information content (AvgIpc) is 2.85. The quantitative estimate of drug-likeness (QED) is 0.197. The van der Waals surface area contributed by atoms with E-state index in [9.17, 15) is 28.1 Å². The van der Waals surface area contributed by atoms with Crippen LogP contribution in [0.4, 0.5) is 18.9 Å². The molecule has 0 saturated heterocycles. The highest BCUT2D eigenvalue weighted by Crippen LogP contribution is 2.38. The number of carbonyl (C=O) groups excluding carboxylic acids is 1. The van der Waals surface area contributed by atoms with Crippen LogP contribution in [0.1, 0.15) is 28.4 Å². The van der Waals surface area contributed by atoms with Crippen molar-refractivity contribution in [1.29, 1.82) is 0 Å². The molecule has 0 unspecified atom stereocenters. The summed E-state index contributed by atoms with van der Waals surface area (Å²) in [5.41, 5.74) is 0.646. The van der Waals surface area contributed by atoms with Gasteiger partial charge in [0.1, 0.15) is 5.75 Å². The third-order valence-electron chi connectivity index (χ3n) is 4.77. The van der Waals surface area contributed by atoms with Gasteiger partial charge >= 0.3 is 11.9 Å². The van der Waals surface area contributed by atoms with Crippen molar-refractivity contribution in [1.82, 2.24) is 5.43 Å². The molecule has 9 nitrogen and oxygen atoms in total. The maximum Gasteiger partial charge on any atom is 0.416 e. The maximum atomic E-state index is 13.0. The Labute approximate surface area is 213 Å². The Bertz CT molecular complexity index is 1350. The Kier molecular flexibility index (Phi) is 8.56. The van der Waals surface area contributed by atoms with Crippen LogP contribution >= 0.6 is 11.6 Å². The van der Waals surface area contributed by atoms with E-state index >= 15 is 0 Å². The molecule has 0 radical (unpaired) electrons. The number of nitrogens with one attached hydrogen (secondary N) is 1. The van der Waals surface area contributed by atoms with E-state index < -0.39 is 34.0 Å². The Morgan fingerprint density at radius 3 is 2.43 bits per heavy atom. The Balaban J connectivity index is 1.83. The molecule has 3 rings (SSSR count). The number of amides is 1. The summed E-state index contributed by atoms with van der Waals surface area (Å²) in [5.74, 6) is -0.209. The standard InChI is InChI=1S/C24H19ClF3N3O6/c1-3-36-21-7-4-14(11-22(21)35-2)23(32)30-29-13-15-10-17(25)6-9-19(15)37-20-8-5-16(24(26,27)28)12-18(20)31(33)34/h4-13H,3H2,1-2H3,(H,30,32)/b29-13+. The van der Waals surface area contributed by atoms with Gasteiger partial charge in [0.15, 0.2) is 11.5 Å². The molecule has 37 heavy (non-hydrogen) atoms. The first-order valence-electron chi connectivity index (χ1n) is 10.5. The monoisotopic (exact) mass is 537 g/mol. The minimum absolute atomic E-state index is 0.00649. The molecule has 0 bridgehead atoms. The van der Waals surface area contributed by atoms with E-state index in [0.717, 1.165) is 6.07 Å². The molecule has 0 aliphatic heterocycles. The van der Waals surface area contributed by atoms with Crippen molar-refractivity contribution in [2.45, 2.75) is 13.1 Å². The summed E-state index contributed by atoms with van der Waals surface area (Å²) in [6, 6.07) is 10.6. The highest BCUT2D eigenvalue weighted by atomic mass is 35.5. The molecule has 0 heterocycles. The normalized spacial score (nSPS) is 11.3. The largest absolute Gasteiger partial charge is 0.493 e. The first-order chi connectivity index (χ1) is 17.5. The smallest absolute Gasteiger partial charge is 0.416 e. The lowest BCUT2D eigenvalue weighted by Crippen LogP contribution is -2.17. The fourth-order valence-corrected chi connectivity index (χ4v) is 3.24. The number of methoxy groups -OCH3 is 1. The summed E-state index contributed by atoms with van der Waals surface area (Å²) >= 11 is 6.02. The summed E-state index contributed by atoms with van der Waals surface area (Å²) in [4.78, 5) is 22.9. The molecule has 13 heteroatoms. The third kappa shape index (κ3) is 6.88. The number of benzene rings is 3. The SMILES string of the molecule is CCOc1ccc(C(=O)N/N=C/c2cc(Cl)ccc2Oc2ccc(C(F)(F)F)cc2[N+](=O)[O-])cc1OC. The number of nitro groups is 1. The van der Waals surface area contributed by atoms with Gasteiger partial charge in [-0.2, -0.15) is 18.3 Å². The second-order valence-corrected chi connectivity index (χ2v) is 7.66. The van der Waals surface area contributed by atoms with E-state index in [1.807, 2.05) is 0 Å². The number of hydrogen-bond donors (Lipinski definition) is 1. The number of ether oxygens (including phenoxy) is 3. The second kappa shape index (κ2) is 11.6. The van der Waals surface area contributed by atoms with Gasteiger partial charge in [0.05, 0.1) is 30.4 Å². The predicted molar refractivity (Wildman–Crippen MR) is 129 cm³/mol. The highest BCUT2D eigenvalue weighted by Gasteiger charge is 2.33. The third-order valence-corrected chi connectivity index (χ3v) is 5.01. The van der Waals surface area contributed by atoms with E-state index in [4.69, 9.17) is 25.8 Å². The molecule has 0 fully saturated rings. The van der Waals surface area contributed by atoms with Crippen molar-refractivity contribution >= 4 is 29.4 Å². The summed E-state index contributed by atoms with van der Waals surface area (Å²) in [6.07, 6.45) is -3.60. The predicted octanol–water partition coefficient (Wildman–Crippen LogP) is 6.23.